The molecule has 2 amide bonds. The molecule has 3 aliphatic rings. The smallest absolute Gasteiger partial charge is 0.253 e. The third kappa shape index (κ3) is 2.71. The zero-order valence-electron chi connectivity index (χ0n) is 16.2. The van der Waals surface area contributed by atoms with E-state index in [0.29, 0.717) is 36.3 Å². The number of para-hydroxylation sites is 2. The van der Waals surface area contributed by atoms with E-state index in [-0.39, 0.29) is 24.3 Å². The van der Waals surface area contributed by atoms with E-state index in [4.69, 9.17) is 9.47 Å². The lowest BCUT2D eigenvalue weighted by Gasteiger charge is -2.19. The summed E-state index contributed by atoms with van der Waals surface area (Å²) in [6.07, 6.45) is 2.00. The van der Waals surface area contributed by atoms with Gasteiger partial charge in [-0.05, 0) is 37.1 Å². The van der Waals surface area contributed by atoms with Crippen molar-refractivity contribution in [3.8, 4) is 11.5 Å². The molecule has 1 aliphatic carbocycles. The number of fused-ring (bicyclic) bond motifs is 4. The average molecular weight is 404 g/mol. The molecule has 3 aromatic rings. The predicted octanol–water partition coefficient (Wildman–Crippen LogP) is 2.89. The van der Waals surface area contributed by atoms with Crippen LogP contribution in [0.3, 0.4) is 0 Å². The lowest BCUT2D eigenvalue weighted by atomic mass is 10.1. The number of rotatable bonds is 4. The van der Waals surface area contributed by atoms with Crippen molar-refractivity contribution in [2.24, 2.45) is 0 Å². The summed E-state index contributed by atoms with van der Waals surface area (Å²) in [7, 11) is 0. The van der Waals surface area contributed by atoms with Crippen LogP contribution < -0.4 is 19.7 Å². The fourth-order valence-corrected chi connectivity index (χ4v) is 4.24. The van der Waals surface area contributed by atoms with E-state index in [0.717, 1.165) is 23.9 Å². The maximum absolute atomic E-state index is 13.2. The number of anilines is 2. The highest BCUT2D eigenvalue weighted by Gasteiger charge is 2.47. The Kier molecular flexibility index (Phi) is 3.74. The summed E-state index contributed by atoms with van der Waals surface area (Å²) in [5.41, 5.74) is 2.33. The van der Waals surface area contributed by atoms with Gasteiger partial charge < -0.3 is 14.8 Å². The minimum atomic E-state index is -0.592. The number of ether oxygens (including phenoxy) is 2. The second kappa shape index (κ2) is 6.48. The van der Waals surface area contributed by atoms with Crippen LogP contribution in [0.15, 0.2) is 42.5 Å². The molecular weight excluding hydrogens is 384 g/mol. The number of nitrogens with zero attached hydrogens (tertiary/aromatic N) is 3. The van der Waals surface area contributed by atoms with Crippen LogP contribution in [0.4, 0.5) is 11.6 Å². The lowest BCUT2D eigenvalue weighted by molar-refractivity contribution is -0.124. The summed E-state index contributed by atoms with van der Waals surface area (Å²) >= 11 is 0. The molecule has 1 N–H and O–H groups in total. The van der Waals surface area contributed by atoms with Crippen LogP contribution >= 0.6 is 0 Å². The number of amides is 2. The van der Waals surface area contributed by atoms with Crippen LogP contribution in [0.5, 0.6) is 11.5 Å². The summed E-state index contributed by atoms with van der Waals surface area (Å²) in [6, 6.07) is 12.6. The summed E-state index contributed by atoms with van der Waals surface area (Å²) in [6.45, 7) is 0.996. The molecule has 30 heavy (non-hydrogen) atoms. The van der Waals surface area contributed by atoms with E-state index < -0.39 is 6.04 Å². The van der Waals surface area contributed by atoms with Crippen molar-refractivity contribution >= 4 is 34.5 Å². The Morgan fingerprint density at radius 3 is 2.73 bits per heavy atom. The van der Waals surface area contributed by atoms with Gasteiger partial charge in [-0.15, -0.1) is 0 Å². The van der Waals surface area contributed by atoms with Crippen molar-refractivity contribution in [2.45, 2.75) is 31.3 Å². The highest BCUT2D eigenvalue weighted by molar-refractivity contribution is 6.05. The van der Waals surface area contributed by atoms with Crippen molar-refractivity contribution in [3.63, 3.8) is 0 Å². The molecule has 1 atom stereocenters. The van der Waals surface area contributed by atoms with Gasteiger partial charge in [0.2, 0.25) is 11.9 Å². The summed E-state index contributed by atoms with van der Waals surface area (Å²) < 4.78 is 13.0. The van der Waals surface area contributed by atoms with Crippen LogP contribution in [0.2, 0.25) is 0 Å². The van der Waals surface area contributed by atoms with Crippen LogP contribution in [0.1, 0.15) is 25.3 Å². The minimum Gasteiger partial charge on any atom is -0.486 e. The zero-order valence-corrected chi connectivity index (χ0v) is 16.2. The number of carbonyl (C=O) groups excluding carboxylic acids is 2. The number of hydrogen-bond donors (Lipinski definition) is 1. The topological polar surface area (TPSA) is 85.7 Å². The van der Waals surface area contributed by atoms with Gasteiger partial charge in [0.15, 0.2) is 11.5 Å². The number of nitrogens with one attached hydrogen (secondary N) is 1. The molecule has 0 saturated heterocycles. The molecule has 1 fully saturated rings. The Morgan fingerprint density at radius 2 is 1.90 bits per heavy atom. The number of hydrogen-bond acceptors (Lipinski definition) is 5. The fourth-order valence-electron chi connectivity index (χ4n) is 4.24. The molecule has 0 unspecified atom stereocenters. The first kappa shape index (κ1) is 17.3. The van der Waals surface area contributed by atoms with Gasteiger partial charge in [-0.3, -0.25) is 19.1 Å². The van der Waals surface area contributed by atoms with E-state index >= 15 is 0 Å². The Bertz CT molecular complexity index is 1180. The highest BCUT2D eigenvalue weighted by Crippen LogP contribution is 2.42. The van der Waals surface area contributed by atoms with Gasteiger partial charge in [-0.2, -0.15) is 0 Å². The standard InChI is InChI=1S/C22H20N4O4/c27-20(23-13-5-8-18-19(11-13)30-10-9-29-18)12-17-21(28)25(14-6-7-14)22-24-15-3-1-2-4-16(15)26(17)22/h1-5,8,11,14,17H,6-7,9-10,12H2,(H,23,27)/t17-/m0/s1. The largest absolute Gasteiger partial charge is 0.486 e. The van der Waals surface area contributed by atoms with Gasteiger partial charge >= 0.3 is 0 Å². The van der Waals surface area contributed by atoms with Crippen molar-refractivity contribution < 1.29 is 19.1 Å². The molecular formula is C22H20N4O4. The molecule has 3 heterocycles. The first-order valence-electron chi connectivity index (χ1n) is 10.2. The number of benzene rings is 2. The van der Waals surface area contributed by atoms with Crippen molar-refractivity contribution in [2.75, 3.05) is 23.4 Å². The Balaban J connectivity index is 1.28. The maximum atomic E-state index is 13.2. The molecule has 8 nitrogen and oxygen atoms in total. The third-order valence-electron chi connectivity index (χ3n) is 5.74. The van der Waals surface area contributed by atoms with Crippen LogP contribution in [-0.4, -0.2) is 40.6 Å². The number of carbonyl (C=O) groups is 2. The SMILES string of the molecule is O=C(C[C@H]1C(=O)N(C2CC2)c2nc3ccccc3n21)Nc1ccc2c(c1)OCCO2. The first-order valence-corrected chi connectivity index (χ1v) is 10.2. The van der Waals surface area contributed by atoms with E-state index in [1.165, 1.54) is 0 Å². The Hall–Kier alpha value is -3.55. The van der Waals surface area contributed by atoms with Crippen molar-refractivity contribution in [1.29, 1.82) is 0 Å². The molecule has 2 aromatic carbocycles. The van der Waals surface area contributed by atoms with E-state index in [1.807, 2.05) is 28.8 Å². The first-order chi connectivity index (χ1) is 14.7. The minimum absolute atomic E-state index is 0.0455. The van der Waals surface area contributed by atoms with Crippen LogP contribution in [0, 0.1) is 0 Å². The molecule has 1 aromatic heterocycles. The van der Waals surface area contributed by atoms with Gasteiger partial charge in [0, 0.05) is 17.8 Å². The van der Waals surface area contributed by atoms with Gasteiger partial charge in [-0.25, -0.2) is 4.98 Å². The van der Waals surface area contributed by atoms with Crippen molar-refractivity contribution in [3.05, 3.63) is 42.5 Å². The third-order valence-corrected chi connectivity index (χ3v) is 5.74. The summed E-state index contributed by atoms with van der Waals surface area (Å²) in [4.78, 5) is 32.5. The molecule has 0 spiro atoms. The normalized spacial score (nSPS) is 19.8. The van der Waals surface area contributed by atoms with E-state index in [2.05, 4.69) is 10.3 Å². The monoisotopic (exact) mass is 404 g/mol. The Morgan fingerprint density at radius 1 is 1.10 bits per heavy atom. The van der Waals surface area contributed by atoms with Crippen LogP contribution in [0.25, 0.3) is 11.0 Å². The Labute approximate surface area is 172 Å². The lowest BCUT2D eigenvalue weighted by Crippen LogP contribution is -2.33. The second-order valence-corrected chi connectivity index (χ2v) is 7.84. The van der Waals surface area contributed by atoms with E-state index in [9.17, 15) is 9.59 Å². The summed E-state index contributed by atoms with van der Waals surface area (Å²) in [5, 5.41) is 2.89. The molecule has 6 rings (SSSR count). The van der Waals surface area contributed by atoms with Crippen LogP contribution in [-0.2, 0) is 9.59 Å². The molecule has 2 aliphatic heterocycles. The molecule has 0 bridgehead atoms. The van der Waals surface area contributed by atoms with Gasteiger partial charge in [-0.1, -0.05) is 12.1 Å². The maximum Gasteiger partial charge on any atom is 0.253 e. The molecule has 152 valence electrons. The van der Waals surface area contributed by atoms with Gasteiger partial charge in [0.1, 0.15) is 19.3 Å². The zero-order chi connectivity index (χ0) is 20.2. The van der Waals surface area contributed by atoms with Gasteiger partial charge in [0.25, 0.3) is 5.91 Å². The quantitative estimate of drug-likeness (QED) is 0.723. The van der Waals surface area contributed by atoms with Gasteiger partial charge in [0.05, 0.1) is 17.5 Å². The molecule has 0 radical (unpaired) electrons. The number of aromatic nitrogens is 2. The molecule has 8 heteroatoms. The second-order valence-electron chi connectivity index (χ2n) is 7.84. The summed E-state index contributed by atoms with van der Waals surface area (Å²) in [5.74, 6) is 1.65. The number of imidazole rings is 1. The average Bonchev–Trinajstić information content (AvgIpc) is 3.46. The van der Waals surface area contributed by atoms with E-state index in [1.54, 1.807) is 23.1 Å². The van der Waals surface area contributed by atoms with Crippen molar-refractivity contribution in [1.82, 2.24) is 9.55 Å². The predicted molar refractivity (Wildman–Crippen MR) is 110 cm³/mol. The molecule has 1 saturated carbocycles. The fraction of sp³-hybridized carbons (Fsp3) is 0.318. The highest BCUT2D eigenvalue weighted by atomic mass is 16.6.